The molecule has 0 saturated carbocycles. The molecule has 94 valence electrons. The van der Waals surface area contributed by atoms with Gasteiger partial charge in [0.05, 0.1) is 20.4 Å². The van der Waals surface area contributed by atoms with E-state index in [4.69, 9.17) is 0 Å². The number of fused-ring (bicyclic) bond motifs is 3. The maximum Gasteiger partial charge on any atom is 0.0707 e. The van der Waals surface area contributed by atoms with E-state index in [9.17, 15) is 0 Å². The first kappa shape index (κ1) is 11.3. The zero-order chi connectivity index (χ0) is 13.0. The van der Waals surface area contributed by atoms with Crippen LogP contribution in [0, 0.1) is 13.8 Å². The number of aromatic nitrogens is 1. The van der Waals surface area contributed by atoms with Crippen LogP contribution in [0.1, 0.15) is 11.1 Å². The molecule has 0 radical (unpaired) electrons. The SMILES string of the molecule is Cc1csc2c3scc(C)c3n(-c3ccccc3)c12. The van der Waals surface area contributed by atoms with Gasteiger partial charge >= 0.3 is 0 Å². The molecule has 3 heterocycles. The van der Waals surface area contributed by atoms with E-state index in [2.05, 4.69) is 59.5 Å². The average Bonchev–Trinajstić information content (AvgIpc) is 3.06. The fourth-order valence-corrected chi connectivity index (χ4v) is 4.94. The van der Waals surface area contributed by atoms with E-state index in [-0.39, 0.29) is 0 Å². The first-order valence-corrected chi connectivity index (χ1v) is 8.05. The Balaban J connectivity index is 2.26. The summed E-state index contributed by atoms with van der Waals surface area (Å²) >= 11 is 3.72. The topological polar surface area (TPSA) is 4.93 Å². The zero-order valence-electron chi connectivity index (χ0n) is 10.8. The first-order chi connectivity index (χ1) is 9.27. The quantitative estimate of drug-likeness (QED) is 0.433. The van der Waals surface area contributed by atoms with E-state index in [0.29, 0.717) is 0 Å². The van der Waals surface area contributed by atoms with E-state index in [1.165, 1.54) is 37.2 Å². The highest BCUT2D eigenvalue weighted by Gasteiger charge is 2.18. The van der Waals surface area contributed by atoms with Crippen LogP contribution in [0.3, 0.4) is 0 Å². The smallest absolute Gasteiger partial charge is 0.0707 e. The Morgan fingerprint density at radius 2 is 1.32 bits per heavy atom. The number of para-hydroxylation sites is 1. The number of benzene rings is 1. The average molecular weight is 283 g/mol. The Kier molecular flexibility index (Phi) is 2.34. The summed E-state index contributed by atoms with van der Waals surface area (Å²) in [6.45, 7) is 4.41. The van der Waals surface area contributed by atoms with Crippen LogP contribution in [0.15, 0.2) is 41.1 Å². The lowest BCUT2D eigenvalue weighted by Gasteiger charge is -2.07. The van der Waals surface area contributed by atoms with Gasteiger partial charge in [-0.2, -0.15) is 0 Å². The highest BCUT2D eigenvalue weighted by Crippen LogP contribution is 2.41. The molecule has 0 atom stereocenters. The minimum absolute atomic E-state index is 1.26. The molecule has 4 rings (SSSR count). The van der Waals surface area contributed by atoms with Crippen molar-refractivity contribution in [3.63, 3.8) is 0 Å². The number of rotatable bonds is 1. The second-order valence-electron chi connectivity index (χ2n) is 4.86. The van der Waals surface area contributed by atoms with Crippen molar-refractivity contribution < 1.29 is 0 Å². The summed E-state index contributed by atoms with van der Waals surface area (Å²) in [5, 5.41) is 4.53. The number of nitrogens with zero attached hydrogens (tertiary/aromatic N) is 1. The third kappa shape index (κ3) is 1.46. The molecule has 0 spiro atoms. The van der Waals surface area contributed by atoms with Gasteiger partial charge in [0.1, 0.15) is 0 Å². The van der Waals surface area contributed by atoms with Gasteiger partial charge in [-0.05, 0) is 47.9 Å². The monoisotopic (exact) mass is 283 g/mol. The summed E-state index contributed by atoms with van der Waals surface area (Å²) in [4.78, 5) is 0. The van der Waals surface area contributed by atoms with Crippen molar-refractivity contribution in [2.24, 2.45) is 0 Å². The normalized spacial score (nSPS) is 11.7. The number of thiophene rings is 2. The summed E-state index contributed by atoms with van der Waals surface area (Å²) in [5.41, 5.74) is 6.74. The van der Waals surface area contributed by atoms with E-state index in [1.54, 1.807) is 0 Å². The lowest BCUT2D eigenvalue weighted by Crippen LogP contribution is -1.94. The molecule has 4 aromatic rings. The molecule has 1 aromatic carbocycles. The third-order valence-corrected chi connectivity index (χ3v) is 5.89. The van der Waals surface area contributed by atoms with Gasteiger partial charge in [0, 0.05) is 5.69 Å². The molecule has 0 aliphatic carbocycles. The number of aryl methyl sites for hydroxylation is 2. The minimum Gasteiger partial charge on any atom is -0.307 e. The maximum absolute atomic E-state index is 2.42. The molecule has 0 saturated heterocycles. The fraction of sp³-hybridized carbons (Fsp3) is 0.125. The van der Waals surface area contributed by atoms with Crippen molar-refractivity contribution in [3.8, 4) is 5.69 Å². The van der Waals surface area contributed by atoms with Crippen molar-refractivity contribution >= 4 is 43.1 Å². The third-order valence-electron chi connectivity index (χ3n) is 3.55. The van der Waals surface area contributed by atoms with Crippen LogP contribution in [-0.4, -0.2) is 4.57 Å². The summed E-state index contributed by atoms with van der Waals surface area (Å²) in [6, 6.07) is 10.7. The van der Waals surface area contributed by atoms with Crippen molar-refractivity contribution in [3.05, 3.63) is 52.2 Å². The molecule has 3 aromatic heterocycles. The van der Waals surface area contributed by atoms with Crippen LogP contribution in [-0.2, 0) is 0 Å². The van der Waals surface area contributed by atoms with Gasteiger partial charge in [0.15, 0.2) is 0 Å². The summed E-state index contributed by atoms with van der Waals surface area (Å²) in [7, 11) is 0. The molecule has 0 N–H and O–H groups in total. The van der Waals surface area contributed by atoms with Gasteiger partial charge in [-0.1, -0.05) is 18.2 Å². The molecule has 0 bridgehead atoms. The number of hydrogen-bond acceptors (Lipinski definition) is 2. The van der Waals surface area contributed by atoms with Crippen LogP contribution in [0.2, 0.25) is 0 Å². The Hall–Kier alpha value is -1.58. The zero-order valence-corrected chi connectivity index (χ0v) is 12.4. The summed E-state index contributed by atoms with van der Waals surface area (Å²) < 4.78 is 5.27. The molecule has 0 aliphatic heterocycles. The van der Waals surface area contributed by atoms with E-state index < -0.39 is 0 Å². The second-order valence-corrected chi connectivity index (χ2v) is 6.62. The van der Waals surface area contributed by atoms with Crippen molar-refractivity contribution in [1.29, 1.82) is 0 Å². The van der Waals surface area contributed by atoms with Gasteiger partial charge in [0.2, 0.25) is 0 Å². The second kappa shape index (κ2) is 3.95. The summed E-state index contributed by atoms with van der Waals surface area (Å²) in [6.07, 6.45) is 0. The molecule has 19 heavy (non-hydrogen) atoms. The van der Waals surface area contributed by atoms with Gasteiger partial charge in [0.25, 0.3) is 0 Å². The highest BCUT2D eigenvalue weighted by atomic mass is 32.1. The van der Waals surface area contributed by atoms with Crippen LogP contribution in [0.25, 0.3) is 26.1 Å². The Bertz CT molecular complexity index is 824. The van der Waals surface area contributed by atoms with Crippen LogP contribution in [0.5, 0.6) is 0 Å². The van der Waals surface area contributed by atoms with Crippen molar-refractivity contribution in [2.75, 3.05) is 0 Å². The molecule has 0 aliphatic rings. The molecular formula is C16H13NS2. The minimum atomic E-state index is 1.26. The van der Waals surface area contributed by atoms with Gasteiger partial charge in [-0.25, -0.2) is 0 Å². The van der Waals surface area contributed by atoms with E-state index >= 15 is 0 Å². The molecule has 0 amide bonds. The van der Waals surface area contributed by atoms with Crippen LogP contribution >= 0.6 is 22.7 Å². The van der Waals surface area contributed by atoms with Gasteiger partial charge < -0.3 is 4.57 Å². The van der Waals surface area contributed by atoms with Gasteiger partial charge in [-0.3, -0.25) is 0 Å². The fourth-order valence-electron chi connectivity index (χ4n) is 2.70. The highest BCUT2D eigenvalue weighted by molar-refractivity contribution is 7.26. The van der Waals surface area contributed by atoms with Crippen molar-refractivity contribution in [2.45, 2.75) is 13.8 Å². The van der Waals surface area contributed by atoms with Crippen LogP contribution in [0.4, 0.5) is 0 Å². The lowest BCUT2D eigenvalue weighted by atomic mass is 10.2. The van der Waals surface area contributed by atoms with Gasteiger partial charge in [-0.15, -0.1) is 22.7 Å². The first-order valence-electron chi connectivity index (χ1n) is 6.29. The Labute approximate surface area is 119 Å². The lowest BCUT2D eigenvalue weighted by molar-refractivity contribution is 1.16. The predicted molar refractivity (Wildman–Crippen MR) is 86.0 cm³/mol. The molecule has 1 nitrogen and oxygen atoms in total. The number of hydrogen-bond donors (Lipinski definition) is 0. The molecule has 3 heteroatoms. The molecule has 0 unspecified atom stereocenters. The standard InChI is InChI=1S/C16H13NS2/c1-10-8-18-15-13(10)17(12-6-4-3-5-7-12)14-11(2)9-19-16(14)15/h3-9H,1-2H3. The van der Waals surface area contributed by atoms with Crippen molar-refractivity contribution in [1.82, 2.24) is 4.57 Å². The molecule has 0 fully saturated rings. The largest absolute Gasteiger partial charge is 0.307 e. The predicted octanol–water partition coefficient (Wildman–Crippen LogP) is 5.52. The maximum atomic E-state index is 2.42. The van der Waals surface area contributed by atoms with E-state index in [0.717, 1.165) is 0 Å². The Morgan fingerprint density at radius 3 is 1.84 bits per heavy atom. The molecular weight excluding hydrogens is 270 g/mol. The van der Waals surface area contributed by atoms with Crippen LogP contribution < -0.4 is 0 Å². The Morgan fingerprint density at radius 1 is 0.789 bits per heavy atom. The summed E-state index contributed by atoms with van der Waals surface area (Å²) in [5.74, 6) is 0. The van der Waals surface area contributed by atoms with E-state index in [1.807, 2.05) is 22.7 Å².